The van der Waals surface area contributed by atoms with Crippen molar-refractivity contribution in [2.24, 2.45) is 0 Å². The summed E-state index contributed by atoms with van der Waals surface area (Å²) in [5.74, 6) is 0. The zero-order valence-corrected chi connectivity index (χ0v) is 10.1. The Kier molecular flexibility index (Phi) is 3.26. The van der Waals surface area contributed by atoms with Crippen LogP contribution in [0.4, 0.5) is 0 Å². The molecular weight excluding hydrogens is 200 g/mol. The lowest BCUT2D eigenvalue weighted by Gasteiger charge is -2.41. The maximum Gasteiger partial charge on any atom is 0.0714 e. The van der Waals surface area contributed by atoms with E-state index < -0.39 is 5.60 Å². The lowest BCUT2D eigenvalue weighted by molar-refractivity contribution is -0.0353. The van der Waals surface area contributed by atoms with Crippen LogP contribution in [0.1, 0.15) is 25.3 Å². The van der Waals surface area contributed by atoms with E-state index in [4.69, 9.17) is 0 Å². The number of pyridine rings is 1. The normalized spacial score (nSPS) is 31.6. The van der Waals surface area contributed by atoms with E-state index >= 15 is 0 Å². The van der Waals surface area contributed by atoms with E-state index in [1.54, 1.807) is 12.4 Å². The number of rotatable bonds is 2. The first-order valence-electron chi connectivity index (χ1n) is 5.91. The summed E-state index contributed by atoms with van der Waals surface area (Å²) in [7, 11) is 2.12. The number of likely N-dealkylation sites (tertiary alicyclic amines) is 1. The molecule has 0 spiro atoms. The maximum absolute atomic E-state index is 10.6. The monoisotopic (exact) mass is 220 g/mol. The highest BCUT2D eigenvalue weighted by Crippen LogP contribution is 2.29. The highest BCUT2D eigenvalue weighted by atomic mass is 16.3. The van der Waals surface area contributed by atoms with Gasteiger partial charge in [0.15, 0.2) is 0 Å². The molecule has 1 N–H and O–H groups in total. The third-order valence-corrected chi connectivity index (χ3v) is 3.64. The minimum Gasteiger partial charge on any atom is -0.389 e. The summed E-state index contributed by atoms with van der Waals surface area (Å²) in [6.45, 7) is 3.15. The molecule has 2 heterocycles. The van der Waals surface area contributed by atoms with Gasteiger partial charge in [-0.3, -0.25) is 4.98 Å². The fourth-order valence-corrected chi connectivity index (χ4v) is 2.45. The Hall–Kier alpha value is -0.930. The lowest BCUT2D eigenvalue weighted by Crippen LogP contribution is -2.48. The molecule has 0 amide bonds. The zero-order chi connectivity index (χ0) is 11.6. The van der Waals surface area contributed by atoms with Gasteiger partial charge in [0.25, 0.3) is 0 Å². The molecule has 2 rings (SSSR count). The van der Waals surface area contributed by atoms with E-state index in [9.17, 15) is 5.11 Å². The molecule has 0 aromatic carbocycles. The highest BCUT2D eigenvalue weighted by Gasteiger charge is 2.34. The first kappa shape index (κ1) is 11.6. The molecule has 16 heavy (non-hydrogen) atoms. The Morgan fingerprint density at radius 2 is 2.19 bits per heavy atom. The van der Waals surface area contributed by atoms with Crippen molar-refractivity contribution in [3.8, 4) is 0 Å². The van der Waals surface area contributed by atoms with E-state index in [0.29, 0.717) is 6.04 Å². The van der Waals surface area contributed by atoms with Gasteiger partial charge < -0.3 is 10.0 Å². The number of hydrogen-bond acceptors (Lipinski definition) is 3. The summed E-state index contributed by atoms with van der Waals surface area (Å²) in [6.07, 6.45) is 6.03. The average Bonchev–Trinajstić information content (AvgIpc) is 2.25. The molecular formula is C13H20N2O. The van der Waals surface area contributed by atoms with Crippen LogP contribution in [0.2, 0.25) is 0 Å². The van der Waals surface area contributed by atoms with Gasteiger partial charge in [-0.15, -0.1) is 0 Å². The number of piperidine rings is 1. The molecule has 1 aromatic rings. The summed E-state index contributed by atoms with van der Waals surface area (Å²) in [5.41, 5.74) is 0.641. The number of nitrogens with zero attached hydrogens (tertiary/aromatic N) is 2. The van der Waals surface area contributed by atoms with Crippen molar-refractivity contribution in [1.29, 1.82) is 0 Å². The lowest BCUT2D eigenvalue weighted by atomic mass is 9.82. The van der Waals surface area contributed by atoms with Gasteiger partial charge in [-0.1, -0.05) is 0 Å². The Balaban J connectivity index is 2.04. The molecule has 0 aliphatic carbocycles. The van der Waals surface area contributed by atoms with Gasteiger partial charge in [0, 0.05) is 31.4 Å². The van der Waals surface area contributed by atoms with E-state index in [0.717, 1.165) is 25.8 Å². The number of aromatic nitrogens is 1. The van der Waals surface area contributed by atoms with Crippen LogP contribution >= 0.6 is 0 Å². The molecule has 1 aromatic heterocycles. The number of hydrogen-bond donors (Lipinski definition) is 1. The molecule has 0 saturated carbocycles. The van der Waals surface area contributed by atoms with Crippen LogP contribution in [0.25, 0.3) is 0 Å². The summed E-state index contributed by atoms with van der Waals surface area (Å²) >= 11 is 0. The van der Waals surface area contributed by atoms with Crippen LogP contribution in [-0.2, 0) is 6.42 Å². The molecule has 1 aliphatic rings. The summed E-state index contributed by atoms with van der Waals surface area (Å²) in [6, 6.07) is 4.43. The van der Waals surface area contributed by atoms with Crippen molar-refractivity contribution >= 4 is 0 Å². The predicted octanol–water partition coefficient (Wildman–Crippen LogP) is 1.47. The van der Waals surface area contributed by atoms with Crippen molar-refractivity contribution in [2.45, 2.75) is 37.8 Å². The SMILES string of the molecule is CC1CC(O)(Cc2ccncc2)CCN1C. The van der Waals surface area contributed by atoms with Crippen LogP contribution in [0.15, 0.2) is 24.5 Å². The molecule has 0 bridgehead atoms. The zero-order valence-electron chi connectivity index (χ0n) is 10.1. The first-order valence-corrected chi connectivity index (χ1v) is 5.91. The van der Waals surface area contributed by atoms with Crippen molar-refractivity contribution in [3.63, 3.8) is 0 Å². The highest BCUT2D eigenvalue weighted by molar-refractivity contribution is 5.13. The third-order valence-electron chi connectivity index (χ3n) is 3.64. The molecule has 2 unspecified atom stereocenters. The van der Waals surface area contributed by atoms with E-state index in [-0.39, 0.29) is 0 Å². The van der Waals surface area contributed by atoms with Crippen LogP contribution in [0.3, 0.4) is 0 Å². The second kappa shape index (κ2) is 4.52. The van der Waals surface area contributed by atoms with Crippen LogP contribution < -0.4 is 0 Å². The molecule has 1 aliphatic heterocycles. The molecule has 1 fully saturated rings. The van der Waals surface area contributed by atoms with Gasteiger partial charge >= 0.3 is 0 Å². The summed E-state index contributed by atoms with van der Waals surface area (Å²) in [4.78, 5) is 6.30. The van der Waals surface area contributed by atoms with Gasteiger partial charge in [0.05, 0.1) is 5.60 Å². The Morgan fingerprint density at radius 1 is 1.50 bits per heavy atom. The van der Waals surface area contributed by atoms with Crippen LogP contribution in [0, 0.1) is 0 Å². The van der Waals surface area contributed by atoms with Crippen LogP contribution in [-0.4, -0.2) is 40.2 Å². The quantitative estimate of drug-likeness (QED) is 0.820. The molecule has 3 heteroatoms. The fraction of sp³-hybridized carbons (Fsp3) is 0.615. The largest absolute Gasteiger partial charge is 0.389 e. The van der Waals surface area contributed by atoms with Gasteiger partial charge in [-0.25, -0.2) is 0 Å². The maximum atomic E-state index is 10.6. The average molecular weight is 220 g/mol. The van der Waals surface area contributed by atoms with Crippen molar-refractivity contribution in [2.75, 3.05) is 13.6 Å². The van der Waals surface area contributed by atoms with E-state index in [2.05, 4.69) is 23.9 Å². The topological polar surface area (TPSA) is 36.4 Å². The molecule has 1 saturated heterocycles. The van der Waals surface area contributed by atoms with Crippen molar-refractivity contribution in [3.05, 3.63) is 30.1 Å². The van der Waals surface area contributed by atoms with Crippen molar-refractivity contribution < 1.29 is 5.11 Å². The van der Waals surface area contributed by atoms with E-state index in [1.165, 1.54) is 5.56 Å². The van der Waals surface area contributed by atoms with Crippen LogP contribution in [0.5, 0.6) is 0 Å². The van der Waals surface area contributed by atoms with Gasteiger partial charge in [-0.2, -0.15) is 0 Å². The minimum atomic E-state index is -0.534. The standard InChI is InChI=1S/C13H20N2O/c1-11-9-13(16,5-8-15(11)2)10-12-3-6-14-7-4-12/h3-4,6-7,11,16H,5,8-10H2,1-2H3. The predicted molar refractivity (Wildman–Crippen MR) is 64.2 cm³/mol. The van der Waals surface area contributed by atoms with E-state index in [1.807, 2.05) is 12.1 Å². The number of aliphatic hydroxyl groups is 1. The van der Waals surface area contributed by atoms with Gasteiger partial charge in [0.1, 0.15) is 0 Å². The Morgan fingerprint density at radius 3 is 2.81 bits per heavy atom. The smallest absolute Gasteiger partial charge is 0.0714 e. The Labute approximate surface area is 97.1 Å². The van der Waals surface area contributed by atoms with Gasteiger partial charge in [0.2, 0.25) is 0 Å². The second-order valence-corrected chi connectivity index (χ2v) is 5.04. The first-order chi connectivity index (χ1) is 7.59. The molecule has 88 valence electrons. The van der Waals surface area contributed by atoms with Gasteiger partial charge in [-0.05, 0) is 44.5 Å². The van der Waals surface area contributed by atoms with Crippen molar-refractivity contribution in [1.82, 2.24) is 9.88 Å². The second-order valence-electron chi connectivity index (χ2n) is 5.04. The molecule has 3 nitrogen and oxygen atoms in total. The minimum absolute atomic E-state index is 0.459. The molecule has 2 atom stereocenters. The summed E-state index contributed by atoms with van der Waals surface area (Å²) < 4.78 is 0. The summed E-state index contributed by atoms with van der Waals surface area (Å²) in [5, 5.41) is 10.6. The third kappa shape index (κ3) is 2.60. The fourth-order valence-electron chi connectivity index (χ4n) is 2.45. The Bertz CT molecular complexity index is 341. The molecule has 0 radical (unpaired) electrons.